The largest absolute Gasteiger partial charge is 0.443 e. The fourth-order valence-corrected chi connectivity index (χ4v) is 4.17. The van der Waals surface area contributed by atoms with Crippen molar-refractivity contribution < 1.29 is 19.1 Å². The second kappa shape index (κ2) is 8.06. The van der Waals surface area contributed by atoms with Gasteiger partial charge in [-0.3, -0.25) is 4.90 Å². The van der Waals surface area contributed by atoms with Crippen molar-refractivity contribution in [1.29, 1.82) is 0 Å². The van der Waals surface area contributed by atoms with Crippen molar-refractivity contribution in [1.82, 2.24) is 9.55 Å². The lowest BCUT2D eigenvalue weighted by Gasteiger charge is -2.26. The Morgan fingerprint density at radius 1 is 1.03 bits per heavy atom. The molecular formula is C24H30BrN3O4. The first-order chi connectivity index (χ1) is 14.6. The summed E-state index contributed by atoms with van der Waals surface area (Å²) < 4.78 is 13.5. The molecule has 0 atom stereocenters. The van der Waals surface area contributed by atoms with Gasteiger partial charge in [0.15, 0.2) is 5.65 Å². The Labute approximate surface area is 196 Å². The zero-order valence-electron chi connectivity index (χ0n) is 20.1. The van der Waals surface area contributed by atoms with Crippen LogP contribution in [0.4, 0.5) is 15.3 Å². The number of ether oxygens (including phenoxy) is 2. The lowest BCUT2D eigenvalue weighted by atomic mass is 10.1. The quantitative estimate of drug-likeness (QED) is 0.368. The Morgan fingerprint density at radius 2 is 1.62 bits per heavy atom. The predicted octanol–water partition coefficient (Wildman–Crippen LogP) is 6.72. The molecule has 0 fully saturated rings. The SMILES string of the molecule is Cc1cnc2c(c1)c1c(Br)cc(N(C)C(=O)OC(C)(C)C)c(C)c1n2C(=O)OC(C)(C)C. The third kappa shape index (κ3) is 4.60. The van der Waals surface area contributed by atoms with Crippen molar-refractivity contribution in [3.63, 3.8) is 0 Å². The minimum Gasteiger partial charge on any atom is -0.443 e. The second-order valence-electron chi connectivity index (χ2n) is 9.97. The van der Waals surface area contributed by atoms with Crippen molar-refractivity contribution in [2.45, 2.75) is 66.6 Å². The molecule has 2 heterocycles. The van der Waals surface area contributed by atoms with E-state index in [1.165, 1.54) is 9.47 Å². The number of aromatic nitrogens is 2. The zero-order chi connectivity index (χ0) is 24.2. The van der Waals surface area contributed by atoms with E-state index in [9.17, 15) is 9.59 Å². The van der Waals surface area contributed by atoms with Crippen LogP contribution in [0.2, 0.25) is 0 Å². The van der Waals surface area contributed by atoms with E-state index >= 15 is 0 Å². The summed E-state index contributed by atoms with van der Waals surface area (Å²) in [5.74, 6) is 0. The molecule has 172 valence electrons. The van der Waals surface area contributed by atoms with Gasteiger partial charge in [-0.05, 0) is 94.6 Å². The first kappa shape index (κ1) is 24.0. The maximum atomic E-state index is 13.3. The summed E-state index contributed by atoms with van der Waals surface area (Å²) in [4.78, 5) is 32.0. The van der Waals surface area contributed by atoms with Gasteiger partial charge in [0, 0.05) is 28.5 Å². The van der Waals surface area contributed by atoms with Gasteiger partial charge in [-0.1, -0.05) is 0 Å². The molecule has 0 unspecified atom stereocenters. The third-order valence-corrected chi connectivity index (χ3v) is 5.42. The van der Waals surface area contributed by atoms with E-state index < -0.39 is 23.4 Å². The van der Waals surface area contributed by atoms with Gasteiger partial charge in [0.25, 0.3) is 0 Å². The summed E-state index contributed by atoms with van der Waals surface area (Å²) in [7, 11) is 1.65. The Bertz CT molecular complexity index is 1230. The van der Waals surface area contributed by atoms with E-state index in [1.54, 1.807) is 13.2 Å². The number of carbonyl (C=O) groups excluding carboxylic acids is 2. The third-order valence-electron chi connectivity index (χ3n) is 4.79. The predicted molar refractivity (Wildman–Crippen MR) is 131 cm³/mol. The van der Waals surface area contributed by atoms with Crippen LogP contribution in [-0.2, 0) is 9.47 Å². The highest BCUT2D eigenvalue weighted by Gasteiger charge is 2.28. The number of halogens is 1. The molecule has 0 bridgehead atoms. The van der Waals surface area contributed by atoms with E-state index in [1.807, 2.05) is 67.5 Å². The fourth-order valence-electron chi connectivity index (χ4n) is 3.55. The molecule has 1 amide bonds. The Balaban J connectivity index is 2.33. The first-order valence-electron chi connectivity index (χ1n) is 10.4. The minimum absolute atomic E-state index is 0.485. The summed E-state index contributed by atoms with van der Waals surface area (Å²) in [6.45, 7) is 14.7. The number of fused-ring (bicyclic) bond motifs is 3. The minimum atomic E-state index is -0.680. The molecule has 3 aromatic rings. The lowest BCUT2D eigenvalue weighted by molar-refractivity contribution is 0.0548. The van der Waals surface area contributed by atoms with Crippen molar-refractivity contribution in [3.05, 3.63) is 33.9 Å². The molecule has 0 spiro atoms. The van der Waals surface area contributed by atoms with E-state index in [-0.39, 0.29) is 0 Å². The van der Waals surface area contributed by atoms with Crippen molar-refractivity contribution in [2.75, 3.05) is 11.9 Å². The Morgan fingerprint density at radius 3 is 2.19 bits per heavy atom. The van der Waals surface area contributed by atoms with Crippen LogP contribution >= 0.6 is 15.9 Å². The van der Waals surface area contributed by atoms with Crippen LogP contribution < -0.4 is 4.90 Å². The normalized spacial score (nSPS) is 12.3. The summed E-state index contributed by atoms with van der Waals surface area (Å²) in [6, 6.07) is 3.86. The number of pyridine rings is 1. The average Bonchev–Trinajstić information content (AvgIpc) is 2.96. The van der Waals surface area contributed by atoms with Gasteiger partial charge in [-0.25, -0.2) is 19.1 Å². The number of anilines is 1. The highest BCUT2D eigenvalue weighted by Crippen LogP contribution is 2.40. The van der Waals surface area contributed by atoms with Gasteiger partial charge < -0.3 is 9.47 Å². The molecule has 0 aliphatic carbocycles. The Kier molecular flexibility index (Phi) is 6.06. The molecule has 0 N–H and O–H groups in total. The van der Waals surface area contributed by atoms with Crippen LogP contribution in [0, 0.1) is 13.8 Å². The summed E-state index contributed by atoms with van der Waals surface area (Å²) >= 11 is 3.66. The van der Waals surface area contributed by atoms with Gasteiger partial charge in [-0.2, -0.15) is 0 Å². The smallest absolute Gasteiger partial charge is 0.420 e. The van der Waals surface area contributed by atoms with E-state index in [0.717, 1.165) is 26.4 Å². The molecule has 8 heteroatoms. The molecule has 32 heavy (non-hydrogen) atoms. The molecular weight excluding hydrogens is 474 g/mol. The molecule has 1 aromatic carbocycles. The van der Waals surface area contributed by atoms with E-state index in [4.69, 9.17) is 9.47 Å². The molecule has 0 saturated heterocycles. The molecule has 0 aliphatic rings. The number of hydrogen-bond donors (Lipinski definition) is 0. The number of hydrogen-bond acceptors (Lipinski definition) is 5. The summed E-state index contributed by atoms with van der Waals surface area (Å²) in [5, 5.41) is 1.66. The van der Waals surface area contributed by atoms with Gasteiger partial charge in [0.2, 0.25) is 0 Å². The van der Waals surface area contributed by atoms with Gasteiger partial charge >= 0.3 is 12.2 Å². The van der Waals surface area contributed by atoms with E-state index in [0.29, 0.717) is 16.9 Å². The molecule has 0 aliphatic heterocycles. The molecule has 0 radical (unpaired) electrons. The number of benzene rings is 1. The number of aryl methyl sites for hydroxylation is 2. The maximum Gasteiger partial charge on any atom is 0.420 e. The van der Waals surface area contributed by atoms with Gasteiger partial charge in [0.1, 0.15) is 11.2 Å². The highest BCUT2D eigenvalue weighted by atomic mass is 79.9. The molecule has 3 rings (SSSR count). The zero-order valence-corrected chi connectivity index (χ0v) is 21.7. The summed E-state index contributed by atoms with van der Waals surface area (Å²) in [5.41, 5.74) is 2.14. The molecule has 0 saturated carbocycles. The fraction of sp³-hybridized carbons (Fsp3) is 0.458. The van der Waals surface area contributed by atoms with Gasteiger partial charge in [0.05, 0.1) is 11.2 Å². The topological polar surface area (TPSA) is 73.7 Å². The number of nitrogens with zero attached hydrogens (tertiary/aromatic N) is 3. The van der Waals surface area contributed by atoms with Crippen LogP contribution in [0.3, 0.4) is 0 Å². The van der Waals surface area contributed by atoms with Crippen molar-refractivity contribution in [2.24, 2.45) is 0 Å². The van der Waals surface area contributed by atoms with E-state index in [2.05, 4.69) is 20.9 Å². The van der Waals surface area contributed by atoms with Crippen LogP contribution in [0.25, 0.3) is 21.9 Å². The lowest BCUT2D eigenvalue weighted by Crippen LogP contribution is -2.34. The van der Waals surface area contributed by atoms with Crippen molar-refractivity contribution >= 4 is 55.7 Å². The summed E-state index contributed by atoms with van der Waals surface area (Å²) in [6.07, 6.45) is 0.709. The number of carbonyl (C=O) groups is 2. The average molecular weight is 504 g/mol. The van der Waals surface area contributed by atoms with Crippen molar-refractivity contribution in [3.8, 4) is 0 Å². The highest BCUT2D eigenvalue weighted by molar-refractivity contribution is 9.10. The monoisotopic (exact) mass is 503 g/mol. The molecule has 7 nitrogen and oxygen atoms in total. The van der Waals surface area contributed by atoms with Crippen LogP contribution in [-0.4, -0.2) is 40.0 Å². The maximum absolute atomic E-state index is 13.3. The van der Waals surface area contributed by atoms with Crippen LogP contribution in [0.15, 0.2) is 22.8 Å². The number of amides is 1. The van der Waals surface area contributed by atoms with Crippen LogP contribution in [0.1, 0.15) is 52.7 Å². The Hall–Kier alpha value is -2.61. The molecule has 2 aromatic heterocycles. The van der Waals surface area contributed by atoms with Gasteiger partial charge in [-0.15, -0.1) is 0 Å². The number of rotatable bonds is 1. The first-order valence-corrected chi connectivity index (χ1v) is 11.2. The van der Waals surface area contributed by atoms with Crippen LogP contribution in [0.5, 0.6) is 0 Å². The second-order valence-corrected chi connectivity index (χ2v) is 10.8. The standard InChI is InChI=1S/C24H30BrN3O4/c1-13-10-15-18-16(25)11-17(27(9)21(29)31-23(3,4)5)14(2)19(18)28(20(15)26-12-13)22(30)32-24(6,7)8/h10-12H,1-9H3.